The van der Waals surface area contributed by atoms with Crippen LogP contribution in [0.5, 0.6) is 0 Å². The zero-order chi connectivity index (χ0) is 12.4. The molecule has 1 aromatic heterocycles. The first-order valence-electron chi connectivity index (χ1n) is 5.62. The van der Waals surface area contributed by atoms with Gasteiger partial charge in [-0.15, -0.1) is 10.2 Å². The van der Waals surface area contributed by atoms with Crippen molar-refractivity contribution in [2.75, 3.05) is 0 Å². The third-order valence-corrected chi connectivity index (χ3v) is 3.24. The van der Waals surface area contributed by atoms with E-state index in [1.54, 1.807) is 4.80 Å². The Labute approximate surface area is 115 Å². The van der Waals surface area contributed by atoms with Crippen molar-refractivity contribution in [3.63, 3.8) is 0 Å². The van der Waals surface area contributed by atoms with Gasteiger partial charge in [0.2, 0.25) is 5.82 Å². The lowest BCUT2D eigenvalue weighted by Crippen LogP contribution is -2.04. The Morgan fingerprint density at radius 1 is 1.12 bits per heavy atom. The van der Waals surface area contributed by atoms with E-state index in [2.05, 4.69) is 57.1 Å². The van der Waals surface area contributed by atoms with Crippen LogP contribution in [-0.4, -0.2) is 20.2 Å². The molecule has 0 saturated heterocycles. The second-order valence-electron chi connectivity index (χ2n) is 4.27. The zero-order valence-corrected chi connectivity index (χ0v) is 12.3. The van der Waals surface area contributed by atoms with E-state index < -0.39 is 0 Å². The quantitative estimate of drug-likeness (QED) is 0.634. The lowest BCUT2D eigenvalue weighted by molar-refractivity contribution is 0.455. The van der Waals surface area contributed by atoms with Gasteiger partial charge in [0.25, 0.3) is 0 Å². The first-order valence-corrected chi connectivity index (χ1v) is 6.86. The molecule has 90 valence electrons. The van der Waals surface area contributed by atoms with Crippen LogP contribution in [-0.2, 0) is 0 Å². The maximum absolute atomic E-state index is 4.35. The fourth-order valence-corrected chi connectivity index (χ4v) is 1.87. The highest BCUT2D eigenvalue weighted by Gasteiger charge is 2.08. The predicted octanol–water partition coefficient (Wildman–Crippen LogP) is 3.42. The molecule has 0 aliphatic carbocycles. The van der Waals surface area contributed by atoms with Crippen molar-refractivity contribution < 1.29 is 0 Å². The monoisotopic (exact) mass is 342 g/mol. The minimum atomic E-state index is 0.241. The molecule has 1 aromatic carbocycles. The summed E-state index contributed by atoms with van der Waals surface area (Å²) in [6, 6.07) is 8.56. The Kier molecular flexibility index (Phi) is 3.76. The van der Waals surface area contributed by atoms with Crippen molar-refractivity contribution in [2.24, 2.45) is 0 Å². The molecule has 17 heavy (non-hydrogen) atoms. The first kappa shape index (κ1) is 12.5. The number of benzene rings is 1. The summed E-state index contributed by atoms with van der Waals surface area (Å²) in [4.78, 5) is 1.63. The van der Waals surface area contributed by atoms with Crippen LogP contribution >= 0.6 is 22.6 Å². The van der Waals surface area contributed by atoms with E-state index in [4.69, 9.17) is 0 Å². The normalized spacial score (nSPS) is 13.0. The fourth-order valence-electron chi connectivity index (χ4n) is 1.46. The summed E-state index contributed by atoms with van der Waals surface area (Å²) in [7, 11) is 0. The molecule has 0 saturated carbocycles. The van der Waals surface area contributed by atoms with Crippen molar-refractivity contribution in [2.45, 2.75) is 30.7 Å². The molecule has 0 bridgehead atoms. The standard InChI is InChI=1S/C12H15IN4/c1-8(2)17-15-12(14-16-17)11-6-4-10(5-7-11)9(3)13/h4-9H,1-3H3. The molecule has 1 heterocycles. The molecule has 1 unspecified atom stereocenters. The number of hydrogen-bond acceptors (Lipinski definition) is 3. The molecule has 0 fully saturated rings. The molecule has 4 nitrogen and oxygen atoms in total. The number of halogens is 1. The van der Waals surface area contributed by atoms with Crippen LogP contribution < -0.4 is 0 Å². The van der Waals surface area contributed by atoms with Crippen molar-refractivity contribution in [3.8, 4) is 11.4 Å². The van der Waals surface area contributed by atoms with E-state index in [9.17, 15) is 0 Å². The molecule has 5 heteroatoms. The Morgan fingerprint density at radius 2 is 1.76 bits per heavy atom. The smallest absolute Gasteiger partial charge is 0.161 e. The molecule has 0 spiro atoms. The van der Waals surface area contributed by atoms with Gasteiger partial charge in [-0.25, -0.2) is 0 Å². The van der Waals surface area contributed by atoms with Gasteiger partial charge in [-0.05, 0) is 31.5 Å². The summed E-state index contributed by atoms with van der Waals surface area (Å²) in [6.07, 6.45) is 0. The Balaban J connectivity index is 2.27. The van der Waals surface area contributed by atoms with Gasteiger partial charge in [0.15, 0.2) is 0 Å². The molecule has 0 radical (unpaired) electrons. The van der Waals surface area contributed by atoms with Gasteiger partial charge in [0.05, 0.1) is 6.04 Å². The zero-order valence-electron chi connectivity index (χ0n) is 10.1. The molecule has 2 rings (SSSR count). The number of nitrogens with zero attached hydrogens (tertiary/aromatic N) is 4. The van der Waals surface area contributed by atoms with Crippen LogP contribution in [0, 0.1) is 0 Å². The summed E-state index contributed by atoms with van der Waals surface area (Å²) in [5.74, 6) is 0.686. The Bertz CT molecular complexity index is 487. The van der Waals surface area contributed by atoms with Gasteiger partial charge in [-0.2, -0.15) is 4.80 Å². The molecule has 0 aliphatic rings. The molecule has 2 aromatic rings. The SMILES string of the molecule is CC(I)c1ccc(-c2nnn(C(C)C)n2)cc1. The Hall–Kier alpha value is -0.980. The number of tetrazole rings is 1. The van der Waals surface area contributed by atoms with Gasteiger partial charge in [-0.1, -0.05) is 46.9 Å². The van der Waals surface area contributed by atoms with Gasteiger partial charge in [0.1, 0.15) is 0 Å². The van der Waals surface area contributed by atoms with Gasteiger partial charge in [-0.3, -0.25) is 0 Å². The van der Waals surface area contributed by atoms with Crippen LogP contribution in [0.15, 0.2) is 24.3 Å². The number of aromatic nitrogens is 4. The second-order valence-corrected chi connectivity index (χ2v) is 6.13. The topological polar surface area (TPSA) is 43.6 Å². The van der Waals surface area contributed by atoms with Crippen LogP contribution in [0.25, 0.3) is 11.4 Å². The number of alkyl halides is 1. The summed E-state index contributed by atoms with van der Waals surface area (Å²) in [5.41, 5.74) is 2.32. The molecule has 0 aliphatic heterocycles. The van der Waals surface area contributed by atoms with Crippen LogP contribution in [0.1, 0.15) is 36.3 Å². The minimum absolute atomic E-state index is 0.241. The third kappa shape index (κ3) is 2.83. The van der Waals surface area contributed by atoms with E-state index in [-0.39, 0.29) is 6.04 Å². The predicted molar refractivity (Wildman–Crippen MR) is 76.1 cm³/mol. The van der Waals surface area contributed by atoms with E-state index in [1.165, 1.54) is 5.56 Å². The van der Waals surface area contributed by atoms with Gasteiger partial charge < -0.3 is 0 Å². The van der Waals surface area contributed by atoms with Gasteiger partial charge in [0, 0.05) is 9.49 Å². The highest BCUT2D eigenvalue weighted by atomic mass is 127. The second kappa shape index (κ2) is 5.12. The number of hydrogen-bond donors (Lipinski definition) is 0. The van der Waals surface area contributed by atoms with Crippen molar-refractivity contribution in [1.29, 1.82) is 0 Å². The molecule has 1 atom stereocenters. The van der Waals surface area contributed by atoms with Crippen molar-refractivity contribution in [1.82, 2.24) is 20.2 Å². The first-order chi connectivity index (χ1) is 8.08. The summed E-state index contributed by atoms with van der Waals surface area (Å²) < 4.78 is 0.515. The summed E-state index contributed by atoms with van der Waals surface area (Å²) in [5, 5.41) is 12.4. The molecule has 0 N–H and O–H groups in total. The van der Waals surface area contributed by atoms with E-state index in [0.29, 0.717) is 9.75 Å². The van der Waals surface area contributed by atoms with E-state index in [0.717, 1.165) is 5.56 Å². The van der Waals surface area contributed by atoms with Crippen LogP contribution in [0.2, 0.25) is 0 Å². The minimum Gasteiger partial charge on any atom is -0.161 e. The van der Waals surface area contributed by atoms with Crippen LogP contribution in [0.3, 0.4) is 0 Å². The van der Waals surface area contributed by atoms with E-state index in [1.807, 2.05) is 26.0 Å². The average Bonchev–Trinajstić information content (AvgIpc) is 2.78. The van der Waals surface area contributed by atoms with Gasteiger partial charge >= 0.3 is 0 Å². The lowest BCUT2D eigenvalue weighted by Gasteiger charge is -2.03. The van der Waals surface area contributed by atoms with Crippen molar-refractivity contribution in [3.05, 3.63) is 29.8 Å². The summed E-state index contributed by atoms with van der Waals surface area (Å²) in [6.45, 7) is 6.24. The summed E-state index contributed by atoms with van der Waals surface area (Å²) >= 11 is 2.40. The Morgan fingerprint density at radius 3 is 2.24 bits per heavy atom. The fraction of sp³-hybridized carbons (Fsp3) is 0.417. The highest BCUT2D eigenvalue weighted by molar-refractivity contribution is 14.1. The number of rotatable bonds is 3. The third-order valence-electron chi connectivity index (χ3n) is 2.52. The van der Waals surface area contributed by atoms with E-state index >= 15 is 0 Å². The molecular weight excluding hydrogens is 327 g/mol. The largest absolute Gasteiger partial charge is 0.204 e. The highest BCUT2D eigenvalue weighted by Crippen LogP contribution is 2.24. The maximum Gasteiger partial charge on any atom is 0.204 e. The lowest BCUT2D eigenvalue weighted by atomic mass is 10.1. The average molecular weight is 342 g/mol. The van der Waals surface area contributed by atoms with Crippen LogP contribution in [0.4, 0.5) is 0 Å². The molecular formula is C12H15IN4. The molecule has 0 amide bonds. The maximum atomic E-state index is 4.35. The van der Waals surface area contributed by atoms with Crippen molar-refractivity contribution >= 4 is 22.6 Å².